The highest BCUT2D eigenvalue weighted by atomic mass is 14.8. The van der Waals surface area contributed by atoms with Crippen LogP contribution in [0.1, 0.15) is 11.7 Å². The van der Waals surface area contributed by atoms with E-state index in [-0.39, 0.29) is 0 Å². The third-order valence-corrected chi connectivity index (χ3v) is 1.16. The lowest BCUT2D eigenvalue weighted by molar-refractivity contribution is 0.746. The lowest BCUT2D eigenvalue weighted by atomic mass is 10.2. The monoisotopic (exact) mass is 121 g/mol. The Hall–Kier alpha value is -0.860. The number of rotatable bonds is 1. The van der Waals surface area contributed by atoms with Crippen molar-refractivity contribution in [2.45, 2.75) is 6.17 Å². The second-order valence-corrected chi connectivity index (χ2v) is 1.89. The van der Waals surface area contributed by atoms with Crippen molar-refractivity contribution in [1.29, 1.82) is 0 Å². The first kappa shape index (κ1) is 6.26. The molecule has 0 aromatic heterocycles. The van der Waals surface area contributed by atoms with E-state index in [9.17, 15) is 0 Å². The van der Waals surface area contributed by atoms with E-state index in [0.717, 1.165) is 5.56 Å². The molecule has 0 bridgehead atoms. The SMILES string of the molecule is [NH]C(N)c1ccccc1. The van der Waals surface area contributed by atoms with E-state index in [0.29, 0.717) is 0 Å². The van der Waals surface area contributed by atoms with Gasteiger partial charge in [-0.25, -0.2) is 5.73 Å². The van der Waals surface area contributed by atoms with Crippen LogP contribution in [0.4, 0.5) is 0 Å². The van der Waals surface area contributed by atoms with E-state index >= 15 is 0 Å². The van der Waals surface area contributed by atoms with Crippen molar-refractivity contribution in [2.75, 3.05) is 0 Å². The molecule has 0 amide bonds. The Kier molecular flexibility index (Phi) is 1.82. The molecule has 0 heterocycles. The Morgan fingerprint density at radius 2 is 1.78 bits per heavy atom. The van der Waals surface area contributed by atoms with Gasteiger partial charge in [0.2, 0.25) is 0 Å². The van der Waals surface area contributed by atoms with Gasteiger partial charge in [0.25, 0.3) is 0 Å². The summed E-state index contributed by atoms with van der Waals surface area (Å²) in [5.74, 6) is 0. The van der Waals surface area contributed by atoms with E-state index in [1.807, 2.05) is 30.3 Å². The average Bonchev–Trinajstić information content (AvgIpc) is 1.90. The van der Waals surface area contributed by atoms with Gasteiger partial charge in [-0.3, -0.25) is 0 Å². The van der Waals surface area contributed by atoms with Gasteiger partial charge >= 0.3 is 0 Å². The third-order valence-electron chi connectivity index (χ3n) is 1.16. The summed E-state index contributed by atoms with van der Waals surface area (Å²) < 4.78 is 0. The third kappa shape index (κ3) is 1.52. The lowest BCUT2D eigenvalue weighted by Crippen LogP contribution is -2.09. The van der Waals surface area contributed by atoms with Gasteiger partial charge in [0.1, 0.15) is 0 Å². The summed E-state index contributed by atoms with van der Waals surface area (Å²) in [6.07, 6.45) is -0.591. The molecule has 0 aliphatic rings. The molecule has 0 aliphatic carbocycles. The largest absolute Gasteiger partial charge is 0.311 e. The highest BCUT2D eigenvalue weighted by molar-refractivity contribution is 5.16. The molecule has 0 fully saturated rings. The molecule has 0 saturated heterocycles. The Morgan fingerprint density at radius 1 is 1.22 bits per heavy atom. The second-order valence-electron chi connectivity index (χ2n) is 1.89. The van der Waals surface area contributed by atoms with Crippen molar-refractivity contribution in [3.63, 3.8) is 0 Å². The highest BCUT2D eigenvalue weighted by Gasteiger charge is 1.94. The standard InChI is InChI=1S/C7H9N2/c8-7(9)6-4-2-1-3-5-6/h1-5,7-8H,9H2. The van der Waals surface area contributed by atoms with Crippen molar-refractivity contribution in [1.82, 2.24) is 5.73 Å². The molecular weight excluding hydrogens is 112 g/mol. The summed E-state index contributed by atoms with van der Waals surface area (Å²) in [7, 11) is 0. The van der Waals surface area contributed by atoms with Crippen LogP contribution in [-0.2, 0) is 0 Å². The van der Waals surface area contributed by atoms with Crippen LogP contribution in [0.15, 0.2) is 30.3 Å². The van der Waals surface area contributed by atoms with Crippen molar-refractivity contribution in [2.24, 2.45) is 5.73 Å². The molecule has 0 spiro atoms. The van der Waals surface area contributed by atoms with Crippen LogP contribution in [0.25, 0.3) is 0 Å². The molecule has 1 rings (SSSR count). The maximum Gasteiger partial charge on any atom is 0.0939 e. The van der Waals surface area contributed by atoms with Gasteiger partial charge in [-0.05, 0) is 5.56 Å². The van der Waals surface area contributed by atoms with Crippen molar-refractivity contribution >= 4 is 0 Å². The van der Waals surface area contributed by atoms with Crippen LogP contribution in [-0.4, -0.2) is 0 Å². The maximum absolute atomic E-state index is 7.10. The Bertz CT molecular complexity index is 170. The second kappa shape index (κ2) is 2.62. The molecule has 1 unspecified atom stereocenters. The molecule has 0 saturated carbocycles. The van der Waals surface area contributed by atoms with Crippen molar-refractivity contribution < 1.29 is 0 Å². The quantitative estimate of drug-likeness (QED) is 0.590. The van der Waals surface area contributed by atoms with Crippen LogP contribution in [0.3, 0.4) is 0 Å². The highest BCUT2D eigenvalue weighted by Crippen LogP contribution is 2.03. The zero-order chi connectivity index (χ0) is 6.69. The molecular formula is C7H9N2. The molecule has 1 radical (unpaired) electrons. The number of nitrogens with one attached hydrogen (secondary N) is 1. The Morgan fingerprint density at radius 3 is 2.11 bits per heavy atom. The zero-order valence-corrected chi connectivity index (χ0v) is 5.04. The van der Waals surface area contributed by atoms with E-state index in [1.54, 1.807) is 0 Å². The Balaban J connectivity index is 2.85. The summed E-state index contributed by atoms with van der Waals surface area (Å²) in [4.78, 5) is 0. The molecule has 2 heteroatoms. The van der Waals surface area contributed by atoms with E-state index in [4.69, 9.17) is 11.5 Å². The minimum Gasteiger partial charge on any atom is -0.311 e. The van der Waals surface area contributed by atoms with Crippen LogP contribution < -0.4 is 11.5 Å². The maximum atomic E-state index is 7.10. The van der Waals surface area contributed by atoms with Crippen LogP contribution >= 0.6 is 0 Å². The van der Waals surface area contributed by atoms with Gasteiger partial charge in [-0.1, -0.05) is 30.3 Å². The molecule has 1 aromatic rings. The lowest BCUT2D eigenvalue weighted by Gasteiger charge is -2.01. The normalized spacial score (nSPS) is 10.1. The fourth-order valence-corrected chi connectivity index (χ4v) is 0.660. The number of hydrogen-bond acceptors (Lipinski definition) is 1. The predicted octanol–water partition coefficient (Wildman–Crippen LogP) is 0.927. The number of benzene rings is 1. The van der Waals surface area contributed by atoms with Crippen LogP contribution in [0, 0.1) is 0 Å². The van der Waals surface area contributed by atoms with Crippen LogP contribution in [0.5, 0.6) is 0 Å². The van der Waals surface area contributed by atoms with E-state index < -0.39 is 6.17 Å². The van der Waals surface area contributed by atoms with E-state index in [2.05, 4.69) is 0 Å². The summed E-state index contributed by atoms with van der Waals surface area (Å²) >= 11 is 0. The first-order valence-electron chi connectivity index (χ1n) is 2.82. The first-order chi connectivity index (χ1) is 4.30. The summed E-state index contributed by atoms with van der Waals surface area (Å²) in [5, 5.41) is 0. The van der Waals surface area contributed by atoms with Gasteiger partial charge in [-0.2, -0.15) is 0 Å². The van der Waals surface area contributed by atoms with Crippen molar-refractivity contribution in [3.8, 4) is 0 Å². The van der Waals surface area contributed by atoms with Gasteiger partial charge < -0.3 is 5.73 Å². The predicted molar refractivity (Wildman–Crippen MR) is 36.5 cm³/mol. The number of hydrogen-bond donors (Lipinski definition) is 1. The molecule has 47 valence electrons. The fraction of sp³-hybridized carbons (Fsp3) is 0.143. The zero-order valence-electron chi connectivity index (χ0n) is 5.04. The van der Waals surface area contributed by atoms with Crippen LogP contribution in [0.2, 0.25) is 0 Å². The van der Waals surface area contributed by atoms with E-state index in [1.165, 1.54) is 0 Å². The van der Waals surface area contributed by atoms with Gasteiger partial charge in [0.05, 0.1) is 6.17 Å². The molecule has 3 N–H and O–H groups in total. The van der Waals surface area contributed by atoms with Crippen molar-refractivity contribution in [3.05, 3.63) is 35.9 Å². The van der Waals surface area contributed by atoms with Gasteiger partial charge in [0.15, 0.2) is 0 Å². The van der Waals surface area contributed by atoms with Gasteiger partial charge in [-0.15, -0.1) is 0 Å². The molecule has 9 heavy (non-hydrogen) atoms. The fourth-order valence-electron chi connectivity index (χ4n) is 0.660. The minimum absolute atomic E-state index is 0.591. The first-order valence-corrected chi connectivity index (χ1v) is 2.82. The summed E-state index contributed by atoms with van der Waals surface area (Å²) in [5.41, 5.74) is 13.2. The Labute approximate surface area is 54.5 Å². The topological polar surface area (TPSA) is 49.8 Å². The average molecular weight is 121 g/mol. The molecule has 0 aliphatic heterocycles. The summed E-state index contributed by atoms with van der Waals surface area (Å²) in [6, 6.07) is 9.36. The molecule has 2 nitrogen and oxygen atoms in total. The smallest absolute Gasteiger partial charge is 0.0939 e. The minimum atomic E-state index is -0.591. The molecule has 1 aromatic carbocycles. The summed E-state index contributed by atoms with van der Waals surface area (Å²) in [6.45, 7) is 0. The van der Waals surface area contributed by atoms with Gasteiger partial charge in [0, 0.05) is 0 Å². The number of nitrogens with two attached hydrogens (primary N) is 1. The molecule has 1 atom stereocenters.